The summed E-state index contributed by atoms with van der Waals surface area (Å²) in [5.41, 5.74) is 0.958. The molecule has 178 valence electrons. The molecule has 0 aromatic heterocycles. The number of fused-ring (bicyclic) bond motifs is 1. The summed E-state index contributed by atoms with van der Waals surface area (Å²) >= 11 is 0. The lowest BCUT2D eigenvalue weighted by Crippen LogP contribution is -2.43. The van der Waals surface area contributed by atoms with Crippen molar-refractivity contribution in [3.63, 3.8) is 0 Å². The number of carboxylic acids is 1. The van der Waals surface area contributed by atoms with Gasteiger partial charge in [-0.25, -0.2) is 0 Å². The molecule has 0 spiro atoms. The molecule has 0 aromatic carbocycles. The third kappa shape index (κ3) is 7.90. The minimum atomic E-state index is -1.10. The molecule has 2 rings (SSSR count). The molecule has 7 nitrogen and oxygen atoms in total. The maximum Gasteiger partial charge on any atom is 0.308 e. The fourth-order valence-corrected chi connectivity index (χ4v) is 4.52. The Labute approximate surface area is 190 Å². The number of hydrogen-bond donors (Lipinski definition) is 4. The van der Waals surface area contributed by atoms with Crippen molar-refractivity contribution in [2.24, 2.45) is 23.7 Å². The molecule has 0 radical (unpaired) electrons. The lowest BCUT2D eigenvalue weighted by molar-refractivity contribution is -0.159. The predicted octanol–water partition coefficient (Wildman–Crippen LogP) is 2.86. The number of esters is 1. The van der Waals surface area contributed by atoms with E-state index in [-0.39, 0.29) is 54.9 Å². The van der Waals surface area contributed by atoms with Gasteiger partial charge in [-0.15, -0.1) is 12.4 Å². The van der Waals surface area contributed by atoms with Gasteiger partial charge in [0.1, 0.15) is 6.10 Å². The van der Waals surface area contributed by atoms with Gasteiger partial charge in [-0.1, -0.05) is 39.0 Å². The normalized spacial score (nSPS) is 30.3. The first kappa shape index (κ1) is 27.6. The number of rotatable bonds is 10. The van der Waals surface area contributed by atoms with Crippen molar-refractivity contribution in [1.82, 2.24) is 0 Å². The van der Waals surface area contributed by atoms with Crippen molar-refractivity contribution in [2.45, 2.75) is 83.7 Å². The van der Waals surface area contributed by atoms with E-state index in [1.54, 1.807) is 0 Å². The van der Waals surface area contributed by atoms with Crippen LogP contribution in [0.25, 0.3) is 0 Å². The predicted molar refractivity (Wildman–Crippen MR) is 119 cm³/mol. The summed E-state index contributed by atoms with van der Waals surface area (Å²) in [5, 5.41) is 39.1. The number of halogens is 1. The molecule has 0 heterocycles. The van der Waals surface area contributed by atoms with Gasteiger partial charge in [-0.2, -0.15) is 0 Å². The van der Waals surface area contributed by atoms with Gasteiger partial charge in [-0.3, -0.25) is 9.59 Å². The topological polar surface area (TPSA) is 124 Å². The van der Waals surface area contributed by atoms with Crippen molar-refractivity contribution < 1.29 is 34.8 Å². The van der Waals surface area contributed by atoms with Gasteiger partial charge in [0.25, 0.3) is 0 Å². The molecular weight excluding hydrogens is 424 g/mol. The molecule has 4 N–H and O–H groups in total. The second kappa shape index (κ2) is 12.6. The highest BCUT2D eigenvalue weighted by Gasteiger charge is 2.42. The number of aliphatic hydroxyl groups is 3. The molecule has 0 saturated heterocycles. The molecule has 0 unspecified atom stereocenters. The third-order valence-corrected chi connectivity index (χ3v) is 6.44. The lowest BCUT2D eigenvalue weighted by Gasteiger charge is -2.43. The zero-order chi connectivity index (χ0) is 22.4. The van der Waals surface area contributed by atoms with Gasteiger partial charge >= 0.3 is 11.9 Å². The first-order valence-corrected chi connectivity index (χ1v) is 11.0. The molecule has 2 aliphatic carbocycles. The second-order valence-electron chi connectivity index (χ2n) is 8.88. The van der Waals surface area contributed by atoms with Gasteiger partial charge in [0.15, 0.2) is 0 Å². The van der Waals surface area contributed by atoms with Crippen LogP contribution in [0.2, 0.25) is 0 Å². The number of allylic oxidation sites excluding steroid dienone is 2. The fourth-order valence-electron chi connectivity index (χ4n) is 4.52. The van der Waals surface area contributed by atoms with Crippen molar-refractivity contribution in [3.05, 3.63) is 23.8 Å². The summed E-state index contributed by atoms with van der Waals surface area (Å²) in [6.07, 6.45) is 4.64. The molecule has 2 aliphatic rings. The minimum absolute atomic E-state index is 0. The van der Waals surface area contributed by atoms with E-state index in [2.05, 4.69) is 13.0 Å². The maximum absolute atomic E-state index is 12.4. The van der Waals surface area contributed by atoms with E-state index in [4.69, 9.17) is 9.84 Å². The van der Waals surface area contributed by atoms with E-state index in [1.165, 1.54) is 0 Å². The van der Waals surface area contributed by atoms with Gasteiger partial charge in [0.05, 0.1) is 30.7 Å². The van der Waals surface area contributed by atoms with Gasteiger partial charge < -0.3 is 25.2 Å². The number of carboxylic acid groups (broad SMARTS) is 1. The molecule has 0 amide bonds. The average molecular weight is 461 g/mol. The van der Waals surface area contributed by atoms with Crippen molar-refractivity contribution in [1.29, 1.82) is 0 Å². The Morgan fingerprint density at radius 3 is 2.55 bits per heavy atom. The standard InChI is InChI=1S/C23H36O7.ClH/c1-4-13(2)23(29)30-20-11-17(25)9-15-6-5-14(3)19(22(15)20)8-7-16(24)10-18(26)12-21(27)28;/h5-6,9,13-14,16-20,22,24-26H,4,7-8,10-12H2,1-3H3,(H,27,28);1H/t13-,14-,16+,17+,18+,19-,20-,22-;/m0./s1. The van der Waals surface area contributed by atoms with E-state index in [1.807, 2.05) is 26.0 Å². The molecule has 0 bridgehead atoms. The Morgan fingerprint density at radius 2 is 1.94 bits per heavy atom. The van der Waals surface area contributed by atoms with Gasteiger partial charge in [-0.05, 0) is 43.1 Å². The summed E-state index contributed by atoms with van der Waals surface area (Å²) in [4.78, 5) is 23.1. The van der Waals surface area contributed by atoms with E-state index in [9.17, 15) is 24.9 Å². The Kier molecular flexibility index (Phi) is 11.2. The van der Waals surface area contributed by atoms with Crippen LogP contribution in [0, 0.1) is 23.7 Å². The Hall–Kier alpha value is -1.41. The van der Waals surface area contributed by atoms with Crippen LogP contribution in [-0.4, -0.2) is 56.8 Å². The monoisotopic (exact) mass is 460 g/mol. The molecule has 31 heavy (non-hydrogen) atoms. The highest BCUT2D eigenvalue weighted by atomic mass is 35.5. The zero-order valence-corrected chi connectivity index (χ0v) is 19.3. The molecule has 8 heteroatoms. The van der Waals surface area contributed by atoms with E-state index >= 15 is 0 Å². The van der Waals surface area contributed by atoms with Crippen molar-refractivity contribution >= 4 is 24.3 Å². The average Bonchev–Trinajstić information content (AvgIpc) is 2.65. The summed E-state index contributed by atoms with van der Waals surface area (Å²) in [6, 6.07) is 0. The van der Waals surface area contributed by atoms with Crippen LogP contribution in [-0.2, 0) is 14.3 Å². The van der Waals surface area contributed by atoms with Crippen LogP contribution < -0.4 is 0 Å². The van der Waals surface area contributed by atoms with Crippen LogP contribution in [0.1, 0.15) is 59.3 Å². The van der Waals surface area contributed by atoms with Crippen LogP contribution >= 0.6 is 12.4 Å². The van der Waals surface area contributed by atoms with E-state index in [0.29, 0.717) is 25.7 Å². The smallest absolute Gasteiger partial charge is 0.308 e. The highest BCUT2D eigenvalue weighted by Crippen LogP contribution is 2.44. The van der Waals surface area contributed by atoms with Crippen LogP contribution in [0.3, 0.4) is 0 Å². The summed E-state index contributed by atoms with van der Waals surface area (Å²) in [5.74, 6) is -1.31. The Morgan fingerprint density at radius 1 is 1.26 bits per heavy atom. The second-order valence-corrected chi connectivity index (χ2v) is 8.88. The zero-order valence-electron chi connectivity index (χ0n) is 18.5. The number of hydrogen-bond acceptors (Lipinski definition) is 6. The number of aliphatic hydroxyl groups excluding tert-OH is 3. The first-order valence-electron chi connectivity index (χ1n) is 11.0. The molecule has 8 atom stereocenters. The number of ether oxygens (including phenoxy) is 1. The molecule has 0 fully saturated rings. The third-order valence-electron chi connectivity index (χ3n) is 6.44. The molecule has 0 aromatic rings. The maximum atomic E-state index is 12.4. The van der Waals surface area contributed by atoms with Crippen LogP contribution in [0.4, 0.5) is 0 Å². The number of aliphatic carboxylic acids is 1. The van der Waals surface area contributed by atoms with E-state index in [0.717, 1.165) is 5.57 Å². The summed E-state index contributed by atoms with van der Waals surface area (Å²) < 4.78 is 5.84. The fraction of sp³-hybridized carbons (Fsp3) is 0.739. The Bertz CT molecular complexity index is 662. The Balaban J connectivity index is 0.00000480. The summed E-state index contributed by atoms with van der Waals surface area (Å²) in [7, 11) is 0. The van der Waals surface area contributed by atoms with Gasteiger partial charge in [0, 0.05) is 12.3 Å². The minimum Gasteiger partial charge on any atom is -0.481 e. The first-order chi connectivity index (χ1) is 14.1. The molecule has 0 aliphatic heterocycles. The highest BCUT2D eigenvalue weighted by molar-refractivity contribution is 5.85. The SMILES string of the molecule is CC[C@H](C)C(=O)O[C@H]1C[C@H](O)C=C2C=C[C@H](C)[C@H](CC[C@@H](O)C[C@@H](O)CC(=O)O)[C@H]21.Cl. The van der Waals surface area contributed by atoms with E-state index < -0.39 is 30.4 Å². The molecular formula is C23H37ClO7. The van der Waals surface area contributed by atoms with Crippen LogP contribution in [0.5, 0.6) is 0 Å². The summed E-state index contributed by atoms with van der Waals surface area (Å²) in [6.45, 7) is 5.85. The van der Waals surface area contributed by atoms with Crippen molar-refractivity contribution in [2.75, 3.05) is 0 Å². The van der Waals surface area contributed by atoms with Crippen LogP contribution in [0.15, 0.2) is 23.8 Å². The lowest BCUT2D eigenvalue weighted by atomic mass is 9.66. The largest absolute Gasteiger partial charge is 0.481 e. The molecule has 0 saturated carbocycles. The van der Waals surface area contributed by atoms with Gasteiger partial charge in [0.2, 0.25) is 0 Å². The number of carbonyl (C=O) groups excluding carboxylic acids is 1. The quantitative estimate of drug-likeness (QED) is 0.369. The number of carbonyl (C=O) groups is 2. The van der Waals surface area contributed by atoms with Crippen molar-refractivity contribution in [3.8, 4) is 0 Å².